The molecule has 0 aromatic heterocycles. The van der Waals surface area contributed by atoms with Crippen LogP contribution in [0.3, 0.4) is 0 Å². The van der Waals surface area contributed by atoms with Gasteiger partial charge in [-0.1, -0.05) is 17.7 Å². The monoisotopic (exact) mass is 239 g/mol. The SMILES string of the molecule is COC(C)CNC1CCc2cc(Cl)ccc21. The van der Waals surface area contributed by atoms with Crippen molar-refractivity contribution in [3.05, 3.63) is 34.3 Å². The summed E-state index contributed by atoms with van der Waals surface area (Å²) in [6.07, 6.45) is 2.54. The molecule has 0 amide bonds. The fraction of sp³-hybridized carbons (Fsp3) is 0.538. The molecule has 2 unspecified atom stereocenters. The van der Waals surface area contributed by atoms with Crippen LogP contribution < -0.4 is 5.32 Å². The maximum absolute atomic E-state index is 5.98. The Hall–Kier alpha value is -0.570. The molecular weight excluding hydrogens is 222 g/mol. The van der Waals surface area contributed by atoms with Crippen LogP contribution in [0.2, 0.25) is 5.02 Å². The second-order valence-electron chi connectivity index (χ2n) is 4.39. The van der Waals surface area contributed by atoms with E-state index in [4.69, 9.17) is 16.3 Å². The van der Waals surface area contributed by atoms with E-state index in [0.29, 0.717) is 6.04 Å². The molecule has 0 saturated carbocycles. The van der Waals surface area contributed by atoms with Gasteiger partial charge in [-0.3, -0.25) is 0 Å². The summed E-state index contributed by atoms with van der Waals surface area (Å²) in [5.41, 5.74) is 2.78. The summed E-state index contributed by atoms with van der Waals surface area (Å²) < 4.78 is 5.23. The molecule has 1 aliphatic rings. The van der Waals surface area contributed by atoms with Gasteiger partial charge in [0.05, 0.1) is 6.10 Å². The Morgan fingerprint density at radius 3 is 3.12 bits per heavy atom. The highest BCUT2D eigenvalue weighted by molar-refractivity contribution is 6.30. The van der Waals surface area contributed by atoms with Crippen LogP contribution in [0.5, 0.6) is 0 Å². The lowest BCUT2D eigenvalue weighted by molar-refractivity contribution is 0.114. The molecule has 0 spiro atoms. The molecule has 0 saturated heterocycles. The zero-order chi connectivity index (χ0) is 11.5. The van der Waals surface area contributed by atoms with Crippen molar-refractivity contribution >= 4 is 11.6 Å². The van der Waals surface area contributed by atoms with Crippen molar-refractivity contribution in [2.24, 2.45) is 0 Å². The summed E-state index contributed by atoms with van der Waals surface area (Å²) in [5.74, 6) is 0. The fourth-order valence-corrected chi connectivity index (χ4v) is 2.38. The number of hydrogen-bond donors (Lipinski definition) is 1. The standard InChI is InChI=1S/C13H18ClNO/c1-9(16-2)8-15-13-6-3-10-7-11(14)4-5-12(10)13/h4-5,7,9,13,15H,3,6,8H2,1-2H3. The van der Waals surface area contributed by atoms with E-state index in [1.807, 2.05) is 6.07 Å². The van der Waals surface area contributed by atoms with Crippen molar-refractivity contribution in [3.63, 3.8) is 0 Å². The lowest BCUT2D eigenvalue weighted by Crippen LogP contribution is -2.28. The van der Waals surface area contributed by atoms with Crippen molar-refractivity contribution in [1.82, 2.24) is 5.32 Å². The van der Waals surface area contributed by atoms with Gasteiger partial charge in [0.15, 0.2) is 0 Å². The number of nitrogens with one attached hydrogen (secondary N) is 1. The Morgan fingerprint density at radius 2 is 2.38 bits per heavy atom. The summed E-state index contributed by atoms with van der Waals surface area (Å²) in [6.45, 7) is 2.97. The first-order valence-electron chi connectivity index (χ1n) is 5.75. The van der Waals surface area contributed by atoms with E-state index in [1.165, 1.54) is 11.1 Å². The zero-order valence-electron chi connectivity index (χ0n) is 9.79. The Bertz CT molecular complexity index is 367. The Morgan fingerprint density at radius 1 is 1.56 bits per heavy atom. The largest absolute Gasteiger partial charge is 0.380 e. The molecule has 1 N–H and O–H groups in total. The molecule has 0 fully saturated rings. The van der Waals surface area contributed by atoms with Gasteiger partial charge in [0.2, 0.25) is 0 Å². The summed E-state index contributed by atoms with van der Waals surface area (Å²) in [4.78, 5) is 0. The molecule has 0 radical (unpaired) electrons. The van der Waals surface area contributed by atoms with Crippen LogP contribution in [0.25, 0.3) is 0 Å². The average molecular weight is 240 g/mol. The van der Waals surface area contributed by atoms with Crippen LogP contribution in [0, 0.1) is 0 Å². The van der Waals surface area contributed by atoms with E-state index in [0.717, 1.165) is 24.4 Å². The van der Waals surface area contributed by atoms with Gasteiger partial charge >= 0.3 is 0 Å². The highest BCUT2D eigenvalue weighted by atomic mass is 35.5. The van der Waals surface area contributed by atoms with Crippen LogP contribution in [-0.2, 0) is 11.2 Å². The quantitative estimate of drug-likeness (QED) is 0.872. The Labute approximate surface area is 102 Å². The van der Waals surface area contributed by atoms with Gasteiger partial charge in [-0.05, 0) is 43.0 Å². The van der Waals surface area contributed by atoms with Crippen LogP contribution in [0.1, 0.15) is 30.5 Å². The summed E-state index contributed by atoms with van der Waals surface area (Å²) in [5, 5.41) is 4.38. The van der Waals surface area contributed by atoms with E-state index in [9.17, 15) is 0 Å². The van der Waals surface area contributed by atoms with Gasteiger partial charge in [0, 0.05) is 24.7 Å². The summed E-state index contributed by atoms with van der Waals surface area (Å²) >= 11 is 5.98. The number of hydrogen-bond acceptors (Lipinski definition) is 2. The molecular formula is C13H18ClNO. The van der Waals surface area contributed by atoms with Crippen molar-refractivity contribution < 1.29 is 4.74 Å². The van der Waals surface area contributed by atoms with Crippen LogP contribution in [-0.4, -0.2) is 19.8 Å². The molecule has 0 heterocycles. The lowest BCUT2D eigenvalue weighted by atomic mass is 10.1. The second kappa shape index (κ2) is 5.17. The Balaban J connectivity index is 2.01. The number of ether oxygens (including phenoxy) is 1. The van der Waals surface area contributed by atoms with Gasteiger partial charge in [0.1, 0.15) is 0 Å². The predicted molar refractivity (Wildman–Crippen MR) is 67.0 cm³/mol. The topological polar surface area (TPSA) is 21.3 Å². The third kappa shape index (κ3) is 2.57. The Kier molecular flexibility index (Phi) is 3.85. The van der Waals surface area contributed by atoms with E-state index >= 15 is 0 Å². The number of benzene rings is 1. The van der Waals surface area contributed by atoms with Crippen molar-refractivity contribution in [2.45, 2.75) is 31.9 Å². The van der Waals surface area contributed by atoms with Gasteiger partial charge in [-0.25, -0.2) is 0 Å². The third-order valence-corrected chi connectivity index (χ3v) is 3.47. The van der Waals surface area contributed by atoms with Crippen molar-refractivity contribution in [1.29, 1.82) is 0 Å². The smallest absolute Gasteiger partial charge is 0.0667 e. The minimum absolute atomic E-state index is 0.261. The normalized spacial score (nSPS) is 20.8. The molecule has 16 heavy (non-hydrogen) atoms. The highest BCUT2D eigenvalue weighted by Gasteiger charge is 2.22. The first-order valence-corrected chi connectivity index (χ1v) is 6.13. The first kappa shape index (κ1) is 11.9. The molecule has 1 aromatic carbocycles. The number of fused-ring (bicyclic) bond motifs is 1. The van der Waals surface area contributed by atoms with Gasteiger partial charge in [-0.2, -0.15) is 0 Å². The minimum Gasteiger partial charge on any atom is -0.380 e. The summed E-state index contributed by atoms with van der Waals surface area (Å²) in [6, 6.07) is 6.66. The third-order valence-electron chi connectivity index (χ3n) is 3.24. The minimum atomic E-state index is 0.261. The second-order valence-corrected chi connectivity index (χ2v) is 4.83. The number of methoxy groups -OCH3 is 1. The average Bonchev–Trinajstić information content (AvgIpc) is 2.68. The summed E-state index contributed by atoms with van der Waals surface area (Å²) in [7, 11) is 1.74. The van der Waals surface area contributed by atoms with E-state index in [-0.39, 0.29) is 6.10 Å². The molecule has 2 nitrogen and oxygen atoms in total. The molecule has 88 valence electrons. The van der Waals surface area contributed by atoms with Crippen LogP contribution in [0.4, 0.5) is 0 Å². The molecule has 2 atom stereocenters. The van der Waals surface area contributed by atoms with Crippen LogP contribution in [0.15, 0.2) is 18.2 Å². The first-order chi connectivity index (χ1) is 7.70. The zero-order valence-corrected chi connectivity index (χ0v) is 10.6. The molecule has 0 bridgehead atoms. The van der Waals surface area contributed by atoms with Crippen molar-refractivity contribution in [2.75, 3.05) is 13.7 Å². The van der Waals surface area contributed by atoms with E-state index in [1.54, 1.807) is 7.11 Å². The van der Waals surface area contributed by atoms with Crippen molar-refractivity contribution in [3.8, 4) is 0 Å². The molecule has 1 aliphatic carbocycles. The highest BCUT2D eigenvalue weighted by Crippen LogP contribution is 2.32. The lowest BCUT2D eigenvalue weighted by Gasteiger charge is -2.17. The van der Waals surface area contributed by atoms with Gasteiger partial charge in [-0.15, -0.1) is 0 Å². The van der Waals surface area contributed by atoms with Gasteiger partial charge in [0.25, 0.3) is 0 Å². The number of halogens is 1. The molecule has 0 aliphatic heterocycles. The maximum Gasteiger partial charge on any atom is 0.0667 e. The molecule has 1 aromatic rings. The van der Waals surface area contributed by atoms with Gasteiger partial charge < -0.3 is 10.1 Å². The fourth-order valence-electron chi connectivity index (χ4n) is 2.19. The predicted octanol–water partition coefficient (Wildman–Crippen LogP) is 2.95. The van der Waals surface area contributed by atoms with E-state index in [2.05, 4.69) is 24.4 Å². The van der Waals surface area contributed by atoms with Crippen LogP contribution >= 0.6 is 11.6 Å². The molecule has 3 heteroatoms. The van der Waals surface area contributed by atoms with E-state index < -0.39 is 0 Å². The molecule has 2 rings (SSSR count). The maximum atomic E-state index is 5.98. The number of rotatable bonds is 4. The number of aryl methyl sites for hydroxylation is 1.